The van der Waals surface area contributed by atoms with Crippen LogP contribution in [0.5, 0.6) is 0 Å². The van der Waals surface area contributed by atoms with Crippen molar-refractivity contribution in [2.75, 3.05) is 34.3 Å². The van der Waals surface area contributed by atoms with E-state index in [2.05, 4.69) is 9.46 Å². The molecule has 0 aromatic carbocycles. The van der Waals surface area contributed by atoms with E-state index in [0.717, 1.165) is 7.11 Å². The lowest BCUT2D eigenvalue weighted by Crippen LogP contribution is -2.50. The van der Waals surface area contributed by atoms with Gasteiger partial charge in [-0.3, -0.25) is 0 Å². The topological polar surface area (TPSA) is 108 Å². The first-order valence-electron chi connectivity index (χ1n) is 4.80. The second-order valence-corrected chi connectivity index (χ2v) is 5.65. The number of nitrogens with zero attached hydrogens (tertiary/aromatic N) is 1. The van der Waals surface area contributed by atoms with Crippen molar-refractivity contribution in [3.05, 3.63) is 0 Å². The normalized spacial score (nSPS) is 15.4. The predicted octanol–water partition coefficient (Wildman–Crippen LogP) is -1.51. The number of aliphatic hydroxyl groups is 1. The van der Waals surface area contributed by atoms with Crippen LogP contribution in [0.4, 0.5) is 4.79 Å². The first-order valence-corrected chi connectivity index (χ1v) is 6.29. The van der Waals surface area contributed by atoms with Gasteiger partial charge >= 0.3 is 16.3 Å². The number of carbonyl (C=O) groups is 1. The summed E-state index contributed by atoms with van der Waals surface area (Å²) in [6.45, 7) is 1.53. The molecule has 17 heavy (non-hydrogen) atoms. The third kappa shape index (κ3) is 7.91. The molecule has 0 saturated heterocycles. The summed E-state index contributed by atoms with van der Waals surface area (Å²) in [4.78, 5) is 12.4. The molecule has 0 saturated carbocycles. The molecular formula is C8H19N3O5S. The van der Waals surface area contributed by atoms with Crippen LogP contribution in [0.2, 0.25) is 0 Å². The first-order chi connectivity index (χ1) is 7.58. The van der Waals surface area contributed by atoms with Gasteiger partial charge in [0.2, 0.25) is 0 Å². The summed E-state index contributed by atoms with van der Waals surface area (Å²) in [7, 11) is 0.525. The van der Waals surface area contributed by atoms with Crippen LogP contribution in [0.1, 0.15) is 6.92 Å². The molecule has 8 nitrogen and oxygen atoms in total. The summed E-state index contributed by atoms with van der Waals surface area (Å²) < 4.78 is 30.4. The number of hydrogen-bond donors (Lipinski definition) is 3. The van der Waals surface area contributed by atoms with Crippen molar-refractivity contribution in [1.29, 1.82) is 0 Å². The maximum atomic E-state index is 11.3. The molecule has 0 heterocycles. The third-order valence-corrected chi connectivity index (χ3v) is 2.66. The van der Waals surface area contributed by atoms with Crippen molar-refractivity contribution in [2.24, 2.45) is 0 Å². The predicted molar refractivity (Wildman–Crippen MR) is 61.6 cm³/mol. The van der Waals surface area contributed by atoms with E-state index in [-0.39, 0.29) is 13.1 Å². The molecule has 0 radical (unpaired) electrons. The van der Waals surface area contributed by atoms with Gasteiger partial charge in [-0.15, -0.1) is 0 Å². The lowest BCUT2D eigenvalue weighted by atomic mass is 10.1. The van der Waals surface area contributed by atoms with Gasteiger partial charge in [-0.25, -0.2) is 9.52 Å². The Morgan fingerprint density at radius 3 is 2.41 bits per heavy atom. The fourth-order valence-corrected chi connectivity index (χ4v) is 2.05. The summed E-state index contributed by atoms with van der Waals surface area (Å²) in [5, 5.41) is 9.83. The number of carbonyl (C=O) groups excluding carboxylic acids is 1. The molecule has 0 fully saturated rings. The van der Waals surface area contributed by atoms with Crippen LogP contribution >= 0.6 is 0 Å². The minimum Gasteiger partial charge on any atom is -0.452 e. The Morgan fingerprint density at radius 2 is 2.00 bits per heavy atom. The van der Waals surface area contributed by atoms with Crippen LogP contribution in [-0.2, 0) is 14.9 Å². The maximum absolute atomic E-state index is 11.3. The van der Waals surface area contributed by atoms with Crippen molar-refractivity contribution in [3.8, 4) is 0 Å². The highest BCUT2D eigenvalue weighted by molar-refractivity contribution is 7.88. The fourth-order valence-electron chi connectivity index (χ4n) is 1.18. The quantitative estimate of drug-likeness (QED) is 0.541. The number of methoxy groups -OCH3 is 1. The average Bonchev–Trinajstić information content (AvgIpc) is 2.12. The molecule has 0 aliphatic rings. The highest BCUT2D eigenvalue weighted by atomic mass is 32.2. The molecule has 1 atom stereocenters. The Kier molecular flexibility index (Phi) is 5.82. The largest absolute Gasteiger partial charge is 0.452 e. The standard InChI is InChI=1S/C8H19N3O5S/c1-8(13,6-11(2)3)5-9-17(14,15)10-7(12)16-4/h9,13H,5-6H2,1-4H3,(H,10,12). The van der Waals surface area contributed by atoms with Crippen LogP contribution in [0.15, 0.2) is 0 Å². The third-order valence-electron chi connectivity index (χ3n) is 1.70. The van der Waals surface area contributed by atoms with Gasteiger partial charge in [0.15, 0.2) is 0 Å². The van der Waals surface area contributed by atoms with Crippen LogP contribution < -0.4 is 9.44 Å². The van der Waals surface area contributed by atoms with Gasteiger partial charge in [-0.1, -0.05) is 0 Å². The maximum Gasteiger partial charge on any atom is 0.421 e. The van der Waals surface area contributed by atoms with Crippen LogP contribution in [0.3, 0.4) is 0 Å². The minimum atomic E-state index is -4.01. The highest BCUT2D eigenvalue weighted by Gasteiger charge is 2.24. The molecule has 3 N–H and O–H groups in total. The Hall–Kier alpha value is -0.900. The number of amides is 1. The fraction of sp³-hybridized carbons (Fsp3) is 0.875. The van der Waals surface area contributed by atoms with Crippen molar-refractivity contribution in [2.45, 2.75) is 12.5 Å². The Balaban J connectivity index is 4.31. The molecule has 0 aliphatic heterocycles. The zero-order valence-corrected chi connectivity index (χ0v) is 11.2. The average molecular weight is 269 g/mol. The van der Waals surface area contributed by atoms with E-state index in [0.29, 0.717) is 0 Å². The molecule has 0 aromatic rings. The van der Waals surface area contributed by atoms with E-state index >= 15 is 0 Å². The van der Waals surface area contributed by atoms with Crippen LogP contribution in [-0.4, -0.2) is 64.4 Å². The second-order valence-electron chi connectivity index (χ2n) is 4.15. The molecule has 102 valence electrons. The lowest BCUT2D eigenvalue weighted by Gasteiger charge is -2.26. The minimum absolute atomic E-state index is 0.225. The number of rotatable bonds is 6. The van der Waals surface area contributed by atoms with E-state index in [1.165, 1.54) is 6.92 Å². The van der Waals surface area contributed by atoms with Crippen molar-refractivity contribution < 1.29 is 23.1 Å². The lowest BCUT2D eigenvalue weighted by molar-refractivity contribution is 0.0385. The molecule has 0 aromatic heterocycles. The smallest absolute Gasteiger partial charge is 0.421 e. The van der Waals surface area contributed by atoms with Gasteiger partial charge in [0.05, 0.1) is 12.7 Å². The van der Waals surface area contributed by atoms with Gasteiger partial charge < -0.3 is 14.7 Å². The number of hydrogen-bond acceptors (Lipinski definition) is 6. The van der Waals surface area contributed by atoms with E-state index in [1.54, 1.807) is 23.7 Å². The van der Waals surface area contributed by atoms with Crippen LogP contribution in [0, 0.1) is 0 Å². The molecular weight excluding hydrogens is 250 g/mol. The van der Waals surface area contributed by atoms with E-state index in [9.17, 15) is 18.3 Å². The molecule has 9 heteroatoms. The van der Waals surface area contributed by atoms with Crippen molar-refractivity contribution in [1.82, 2.24) is 14.3 Å². The number of nitrogens with one attached hydrogen (secondary N) is 2. The zero-order valence-electron chi connectivity index (χ0n) is 10.3. The SMILES string of the molecule is COC(=O)NS(=O)(=O)NCC(C)(O)CN(C)C. The Labute approximate surface area is 101 Å². The van der Waals surface area contributed by atoms with E-state index in [4.69, 9.17) is 0 Å². The molecule has 0 bridgehead atoms. The summed E-state index contributed by atoms with van der Waals surface area (Å²) in [5.74, 6) is 0. The number of ether oxygens (including phenoxy) is 1. The van der Waals surface area contributed by atoms with Gasteiger partial charge in [-0.2, -0.15) is 13.1 Å². The molecule has 0 rings (SSSR count). The van der Waals surface area contributed by atoms with Gasteiger partial charge in [0.1, 0.15) is 0 Å². The second kappa shape index (κ2) is 6.15. The van der Waals surface area contributed by atoms with E-state index in [1.807, 2.05) is 0 Å². The molecule has 1 amide bonds. The molecule has 0 spiro atoms. The van der Waals surface area contributed by atoms with Crippen molar-refractivity contribution in [3.63, 3.8) is 0 Å². The summed E-state index contributed by atoms with van der Waals surface area (Å²) in [5.41, 5.74) is -1.24. The molecule has 1 unspecified atom stereocenters. The monoisotopic (exact) mass is 269 g/mol. The summed E-state index contributed by atoms with van der Waals surface area (Å²) in [6, 6.07) is 0. The van der Waals surface area contributed by atoms with Gasteiger partial charge in [0.25, 0.3) is 0 Å². The Bertz CT molecular complexity index is 352. The van der Waals surface area contributed by atoms with Gasteiger partial charge in [-0.05, 0) is 21.0 Å². The molecule has 0 aliphatic carbocycles. The number of likely N-dealkylation sites (N-methyl/N-ethyl adjacent to an activating group) is 1. The van der Waals surface area contributed by atoms with Gasteiger partial charge in [0, 0.05) is 13.1 Å². The zero-order chi connectivity index (χ0) is 13.7. The van der Waals surface area contributed by atoms with Crippen molar-refractivity contribution >= 4 is 16.3 Å². The Morgan fingerprint density at radius 1 is 1.47 bits per heavy atom. The highest BCUT2D eigenvalue weighted by Crippen LogP contribution is 2.02. The first kappa shape index (κ1) is 16.1. The van der Waals surface area contributed by atoms with Crippen LogP contribution in [0.25, 0.3) is 0 Å². The summed E-state index contributed by atoms with van der Waals surface area (Å²) >= 11 is 0. The van der Waals surface area contributed by atoms with E-state index < -0.39 is 21.9 Å². The summed E-state index contributed by atoms with van der Waals surface area (Å²) in [6.07, 6.45) is -1.09.